The summed E-state index contributed by atoms with van der Waals surface area (Å²) in [5, 5.41) is 4.02. The molecule has 0 aliphatic rings. The summed E-state index contributed by atoms with van der Waals surface area (Å²) in [4.78, 5) is 0. The smallest absolute Gasteiger partial charge is 0.184 e. The van der Waals surface area contributed by atoms with Gasteiger partial charge in [-0.2, -0.15) is 5.10 Å². The van der Waals surface area contributed by atoms with Gasteiger partial charge in [0.2, 0.25) is 0 Å². The van der Waals surface area contributed by atoms with Gasteiger partial charge in [-0.25, -0.2) is 0 Å². The summed E-state index contributed by atoms with van der Waals surface area (Å²) in [6.45, 7) is 0. The van der Waals surface area contributed by atoms with Crippen LogP contribution < -0.4 is 15.9 Å². The molecule has 0 fully saturated rings. The summed E-state index contributed by atoms with van der Waals surface area (Å²) in [6.07, 6.45) is 1.62. The molecule has 0 heterocycles. The summed E-state index contributed by atoms with van der Waals surface area (Å²) in [6, 6.07) is 17.1. The van der Waals surface area contributed by atoms with E-state index in [4.69, 9.17) is 10.5 Å². The number of thiocarbonyl (C=S) groups is 1. The van der Waals surface area contributed by atoms with E-state index in [1.165, 1.54) is 0 Å². The van der Waals surface area contributed by atoms with Crippen molar-refractivity contribution in [1.82, 2.24) is 5.43 Å². The highest BCUT2D eigenvalue weighted by Gasteiger charge is 1.97. The summed E-state index contributed by atoms with van der Waals surface area (Å²) in [7, 11) is 0. The highest BCUT2D eigenvalue weighted by Crippen LogP contribution is 2.21. The van der Waals surface area contributed by atoms with Gasteiger partial charge in [-0.15, -0.1) is 0 Å². The van der Waals surface area contributed by atoms with E-state index in [0.29, 0.717) is 0 Å². The minimum atomic E-state index is 0.132. The number of hydrazone groups is 1. The van der Waals surface area contributed by atoms with Crippen molar-refractivity contribution in [1.29, 1.82) is 0 Å². The topological polar surface area (TPSA) is 59.6 Å². The van der Waals surface area contributed by atoms with Crippen molar-refractivity contribution in [3.8, 4) is 11.5 Å². The first kappa shape index (κ1) is 13.0. The maximum Gasteiger partial charge on any atom is 0.184 e. The fourth-order valence-electron chi connectivity index (χ4n) is 1.45. The largest absolute Gasteiger partial charge is 0.457 e. The van der Waals surface area contributed by atoms with Gasteiger partial charge in [0.15, 0.2) is 5.11 Å². The van der Waals surface area contributed by atoms with Crippen LogP contribution in [0.15, 0.2) is 59.7 Å². The minimum absolute atomic E-state index is 0.132. The van der Waals surface area contributed by atoms with E-state index >= 15 is 0 Å². The maximum absolute atomic E-state index is 5.71. The molecule has 96 valence electrons. The molecule has 0 aliphatic carbocycles. The van der Waals surface area contributed by atoms with Crippen molar-refractivity contribution < 1.29 is 4.74 Å². The first-order valence-electron chi connectivity index (χ1n) is 5.65. The van der Waals surface area contributed by atoms with Gasteiger partial charge in [-0.1, -0.05) is 30.3 Å². The summed E-state index contributed by atoms with van der Waals surface area (Å²) in [5.74, 6) is 1.53. The Morgan fingerprint density at radius 2 is 1.84 bits per heavy atom. The number of nitrogens with one attached hydrogen (secondary N) is 1. The standard InChI is InChI=1S/C14H13N3OS/c15-14(19)17-16-10-11-5-4-8-13(9-11)18-12-6-2-1-3-7-12/h1-10H,(H3,15,17,19)/b16-10+. The third-order valence-corrected chi connectivity index (χ3v) is 2.32. The highest BCUT2D eigenvalue weighted by molar-refractivity contribution is 7.80. The number of ether oxygens (including phenoxy) is 1. The van der Waals surface area contributed by atoms with Gasteiger partial charge in [0, 0.05) is 0 Å². The van der Waals surface area contributed by atoms with E-state index in [-0.39, 0.29) is 5.11 Å². The second-order valence-electron chi connectivity index (χ2n) is 3.72. The molecule has 0 saturated carbocycles. The molecule has 0 unspecified atom stereocenters. The van der Waals surface area contributed by atoms with E-state index < -0.39 is 0 Å². The average Bonchev–Trinajstić information content (AvgIpc) is 2.40. The zero-order valence-electron chi connectivity index (χ0n) is 10.1. The zero-order valence-corrected chi connectivity index (χ0v) is 10.9. The SMILES string of the molecule is NC(=S)N/N=C/c1cccc(Oc2ccccc2)c1. The molecule has 2 rings (SSSR count). The minimum Gasteiger partial charge on any atom is -0.457 e. The average molecular weight is 271 g/mol. The van der Waals surface area contributed by atoms with Crippen LogP contribution in [-0.4, -0.2) is 11.3 Å². The fraction of sp³-hybridized carbons (Fsp3) is 0. The van der Waals surface area contributed by atoms with Crippen LogP contribution in [0.1, 0.15) is 5.56 Å². The summed E-state index contributed by atoms with van der Waals surface area (Å²) < 4.78 is 5.71. The lowest BCUT2D eigenvalue weighted by Crippen LogP contribution is -2.23. The van der Waals surface area contributed by atoms with Gasteiger partial charge in [-0.05, 0) is 42.0 Å². The van der Waals surface area contributed by atoms with Crippen molar-refractivity contribution >= 4 is 23.5 Å². The predicted molar refractivity (Wildman–Crippen MR) is 80.5 cm³/mol. The molecule has 0 radical (unpaired) electrons. The first-order valence-corrected chi connectivity index (χ1v) is 6.06. The molecule has 4 nitrogen and oxygen atoms in total. The zero-order chi connectivity index (χ0) is 13.5. The van der Waals surface area contributed by atoms with Gasteiger partial charge in [0.05, 0.1) is 6.21 Å². The molecule has 0 bridgehead atoms. The Labute approximate surface area is 116 Å². The number of nitrogens with zero attached hydrogens (tertiary/aromatic N) is 1. The van der Waals surface area contributed by atoms with E-state index in [1.807, 2.05) is 54.6 Å². The predicted octanol–water partition coefficient (Wildman–Crippen LogP) is 2.65. The molecule has 0 aliphatic heterocycles. The van der Waals surface area contributed by atoms with Crippen LogP contribution in [0.3, 0.4) is 0 Å². The Balaban J connectivity index is 2.07. The second-order valence-corrected chi connectivity index (χ2v) is 4.16. The lowest BCUT2D eigenvalue weighted by atomic mass is 10.2. The molecule has 0 amide bonds. The normalized spacial score (nSPS) is 10.3. The molecule has 0 spiro atoms. The van der Waals surface area contributed by atoms with Gasteiger partial charge < -0.3 is 10.5 Å². The van der Waals surface area contributed by atoms with Crippen LogP contribution in [0.5, 0.6) is 11.5 Å². The van der Waals surface area contributed by atoms with Crippen LogP contribution in [0.4, 0.5) is 0 Å². The van der Waals surface area contributed by atoms with E-state index in [2.05, 4.69) is 22.7 Å². The number of hydrogen-bond acceptors (Lipinski definition) is 3. The maximum atomic E-state index is 5.71. The Morgan fingerprint density at radius 3 is 2.58 bits per heavy atom. The van der Waals surface area contributed by atoms with E-state index in [1.54, 1.807) is 6.21 Å². The van der Waals surface area contributed by atoms with E-state index in [0.717, 1.165) is 17.1 Å². The number of rotatable bonds is 4. The molecular formula is C14H13N3OS. The third kappa shape index (κ3) is 4.40. The molecule has 0 atom stereocenters. The molecule has 2 aromatic carbocycles. The van der Waals surface area contributed by atoms with Crippen molar-refractivity contribution in [2.45, 2.75) is 0 Å². The molecular weight excluding hydrogens is 258 g/mol. The van der Waals surface area contributed by atoms with Gasteiger partial charge in [0.1, 0.15) is 11.5 Å². The van der Waals surface area contributed by atoms with Crippen LogP contribution >= 0.6 is 12.2 Å². The van der Waals surface area contributed by atoms with Crippen LogP contribution in [0, 0.1) is 0 Å². The van der Waals surface area contributed by atoms with Gasteiger partial charge >= 0.3 is 0 Å². The number of nitrogens with two attached hydrogens (primary N) is 1. The lowest BCUT2D eigenvalue weighted by Gasteiger charge is -2.05. The van der Waals surface area contributed by atoms with Gasteiger partial charge in [-0.3, -0.25) is 5.43 Å². The van der Waals surface area contributed by atoms with Gasteiger partial charge in [0.25, 0.3) is 0 Å². The van der Waals surface area contributed by atoms with Crippen LogP contribution in [-0.2, 0) is 0 Å². The molecule has 3 N–H and O–H groups in total. The number of benzene rings is 2. The molecule has 0 saturated heterocycles. The summed E-state index contributed by atoms with van der Waals surface area (Å²) >= 11 is 4.65. The van der Waals surface area contributed by atoms with Crippen molar-refractivity contribution in [3.05, 3.63) is 60.2 Å². The number of hydrogen-bond donors (Lipinski definition) is 2. The van der Waals surface area contributed by atoms with Crippen LogP contribution in [0.25, 0.3) is 0 Å². The molecule has 19 heavy (non-hydrogen) atoms. The van der Waals surface area contributed by atoms with Crippen molar-refractivity contribution in [3.63, 3.8) is 0 Å². The Hall–Kier alpha value is -2.40. The molecule has 2 aromatic rings. The Morgan fingerprint density at radius 1 is 1.11 bits per heavy atom. The molecule has 5 heteroatoms. The highest BCUT2D eigenvalue weighted by atomic mass is 32.1. The fourth-order valence-corrected chi connectivity index (χ4v) is 1.51. The number of para-hydroxylation sites is 1. The van der Waals surface area contributed by atoms with Crippen molar-refractivity contribution in [2.75, 3.05) is 0 Å². The summed E-state index contributed by atoms with van der Waals surface area (Å²) in [5.41, 5.74) is 8.66. The second kappa shape index (κ2) is 6.51. The van der Waals surface area contributed by atoms with Crippen molar-refractivity contribution in [2.24, 2.45) is 10.8 Å². The molecule has 0 aromatic heterocycles. The Bertz CT molecular complexity index is 584. The van der Waals surface area contributed by atoms with E-state index in [9.17, 15) is 0 Å². The first-order chi connectivity index (χ1) is 9.24. The third-order valence-electron chi connectivity index (χ3n) is 2.23. The Kier molecular flexibility index (Phi) is 4.47. The quantitative estimate of drug-likeness (QED) is 0.510. The van der Waals surface area contributed by atoms with Crippen LogP contribution in [0.2, 0.25) is 0 Å². The monoisotopic (exact) mass is 271 g/mol. The lowest BCUT2D eigenvalue weighted by molar-refractivity contribution is 0.482.